The predicted octanol–water partition coefficient (Wildman–Crippen LogP) is -2.56. The zero-order valence-corrected chi connectivity index (χ0v) is 11.2. The van der Waals surface area contributed by atoms with Crippen LogP contribution in [0.2, 0.25) is 0 Å². The van der Waals surface area contributed by atoms with Crippen molar-refractivity contribution in [3.05, 3.63) is 22.7 Å². The number of nitrogens with zero attached hydrogens (tertiary/aromatic N) is 3. The summed E-state index contributed by atoms with van der Waals surface area (Å²) in [5.41, 5.74) is 2.92. The van der Waals surface area contributed by atoms with Gasteiger partial charge in [0.05, 0.1) is 12.8 Å². The summed E-state index contributed by atoms with van der Waals surface area (Å²) in [6.45, 7) is -0.675. The van der Waals surface area contributed by atoms with Crippen molar-refractivity contribution in [1.82, 2.24) is 9.55 Å². The third kappa shape index (κ3) is 2.61. The van der Waals surface area contributed by atoms with E-state index in [1.807, 2.05) is 0 Å². The smallest absolute Gasteiger partial charge is 0.351 e. The van der Waals surface area contributed by atoms with Crippen LogP contribution in [0.4, 0.5) is 5.82 Å². The topological polar surface area (TPSA) is 152 Å². The van der Waals surface area contributed by atoms with Crippen LogP contribution in [0.5, 0.6) is 0 Å². The van der Waals surface area contributed by atoms with E-state index in [1.165, 1.54) is 19.4 Å². The average molecular weight is 300 g/mol. The molecule has 10 heteroatoms. The van der Waals surface area contributed by atoms with Crippen molar-refractivity contribution in [3.63, 3.8) is 0 Å². The van der Waals surface area contributed by atoms with Crippen LogP contribution in [0.15, 0.2) is 22.2 Å². The lowest BCUT2D eigenvalue weighted by Crippen LogP contribution is -2.47. The Hall–Kier alpha value is -2.01. The van der Waals surface area contributed by atoms with E-state index in [0.29, 0.717) is 0 Å². The second kappa shape index (κ2) is 5.77. The fourth-order valence-corrected chi connectivity index (χ4v) is 2.07. The van der Waals surface area contributed by atoms with Crippen LogP contribution in [0.3, 0.4) is 0 Å². The highest BCUT2D eigenvalue weighted by molar-refractivity contribution is 5.70. The molecule has 0 saturated carbocycles. The maximum absolute atomic E-state index is 11.8. The van der Waals surface area contributed by atoms with Crippen molar-refractivity contribution >= 4 is 12.0 Å². The molecule has 2 rings (SSSR count). The minimum atomic E-state index is -1.69. The Morgan fingerprint density at radius 3 is 2.95 bits per heavy atom. The van der Waals surface area contributed by atoms with Crippen LogP contribution in [0.25, 0.3) is 0 Å². The molecule has 1 aliphatic heterocycles. The van der Waals surface area contributed by atoms with E-state index in [2.05, 4.69) is 15.0 Å². The zero-order chi connectivity index (χ0) is 15.6. The van der Waals surface area contributed by atoms with Gasteiger partial charge in [-0.15, -0.1) is 0 Å². The Morgan fingerprint density at radius 2 is 2.38 bits per heavy atom. The number of nitrogens with two attached hydrogens (primary N) is 1. The van der Waals surface area contributed by atoms with Gasteiger partial charge in [0.25, 0.3) is 0 Å². The molecule has 0 radical (unpaired) electrons. The van der Waals surface area contributed by atoms with Gasteiger partial charge in [-0.25, -0.2) is 4.79 Å². The molecule has 0 aromatic carbocycles. The number of aliphatic hydroxyl groups is 3. The van der Waals surface area contributed by atoms with Gasteiger partial charge < -0.3 is 30.6 Å². The standard InChI is InChI=1S/C11H16N4O6/c1-20-13-4-11(5-16)8(18)7(17)9(21-11)15-3-2-6(12)14-10(15)19/h2-4,7-9,16-18H,5H2,1H3,(H2,12,14,19)/t7-,8+,9-,11-/m1/s1. The molecule has 0 spiro atoms. The highest BCUT2D eigenvalue weighted by atomic mass is 16.6. The molecule has 1 aromatic rings. The summed E-state index contributed by atoms with van der Waals surface area (Å²) < 4.78 is 6.40. The lowest BCUT2D eigenvalue weighted by Gasteiger charge is -2.24. The van der Waals surface area contributed by atoms with Crippen LogP contribution in [-0.2, 0) is 9.57 Å². The molecule has 4 atom stereocenters. The van der Waals surface area contributed by atoms with Gasteiger partial charge in [0.15, 0.2) is 11.8 Å². The number of hydrogen-bond acceptors (Lipinski definition) is 9. The first-order valence-corrected chi connectivity index (χ1v) is 6.02. The van der Waals surface area contributed by atoms with E-state index in [9.17, 15) is 20.1 Å². The third-order valence-corrected chi connectivity index (χ3v) is 3.21. The molecule has 10 nitrogen and oxygen atoms in total. The van der Waals surface area contributed by atoms with Gasteiger partial charge in [0.1, 0.15) is 25.1 Å². The van der Waals surface area contributed by atoms with E-state index < -0.39 is 36.3 Å². The summed E-state index contributed by atoms with van der Waals surface area (Å²) in [5.74, 6) is 0.0126. The van der Waals surface area contributed by atoms with E-state index in [4.69, 9.17) is 10.5 Å². The van der Waals surface area contributed by atoms with E-state index in [0.717, 1.165) is 10.8 Å². The molecule has 0 bridgehead atoms. The number of hydrogen-bond donors (Lipinski definition) is 4. The third-order valence-electron chi connectivity index (χ3n) is 3.21. The van der Waals surface area contributed by atoms with Crippen LogP contribution in [-0.4, -0.2) is 62.6 Å². The van der Waals surface area contributed by atoms with Gasteiger partial charge in [-0.05, 0) is 6.07 Å². The van der Waals surface area contributed by atoms with E-state index in [-0.39, 0.29) is 5.82 Å². The lowest BCUT2D eigenvalue weighted by molar-refractivity contribution is -0.0859. The minimum absolute atomic E-state index is 0.0126. The highest BCUT2D eigenvalue weighted by Gasteiger charge is 2.54. The first kappa shape index (κ1) is 15.4. The molecular formula is C11H16N4O6. The Bertz CT molecular complexity index is 590. The summed E-state index contributed by atoms with van der Waals surface area (Å²) in [6.07, 6.45) is -1.96. The molecule has 116 valence electrons. The van der Waals surface area contributed by atoms with Crippen LogP contribution >= 0.6 is 0 Å². The number of nitrogen functional groups attached to an aromatic ring is 1. The Kier molecular flexibility index (Phi) is 4.23. The van der Waals surface area contributed by atoms with Crippen molar-refractivity contribution in [2.24, 2.45) is 5.16 Å². The zero-order valence-electron chi connectivity index (χ0n) is 11.2. The summed E-state index contributed by atoms with van der Waals surface area (Å²) in [6, 6.07) is 1.34. The maximum atomic E-state index is 11.8. The van der Waals surface area contributed by atoms with Gasteiger partial charge in [-0.3, -0.25) is 4.57 Å². The molecule has 5 N–H and O–H groups in total. The summed E-state index contributed by atoms with van der Waals surface area (Å²) in [7, 11) is 1.27. The Morgan fingerprint density at radius 1 is 1.67 bits per heavy atom. The molecule has 1 aliphatic rings. The summed E-state index contributed by atoms with van der Waals surface area (Å²) >= 11 is 0. The van der Waals surface area contributed by atoms with Crippen molar-refractivity contribution in [2.45, 2.75) is 24.0 Å². The molecule has 0 amide bonds. The molecule has 1 saturated heterocycles. The van der Waals surface area contributed by atoms with Gasteiger partial charge >= 0.3 is 5.69 Å². The first-order valence-electron chi connectivity index (χ1n) is 6.02. The second-order valence-corrected chi connectivity index (χ2v) is 4.52. The normalized spacial score (nSPS) is 32.7. The average Bonchev–Trinajstić information content (AvgIpc) is 2.71. The molecular weight excluding hydrogens is 284 g/mol. The number of aromatic nitrogens is 2. The van der Waals surface area contributed by atoms with Crippen LogP contribution < -0.4 is 11.4 Å². The molecule has 21 heavy (non-hydrogen) atoms. The fraction of sp³-hybridized carbons (Fsp3) is 0.545. The van der Waals surface area contributed by atoms with E-state index >= 15 is 0 Å². The molecule has 0 unspecified atom stereocenters. The van der Waals surface area contributed by atoms with Crippen molar-refractivity contribution in [2.75, 3.05) is 19.5 Å². The van der Waals surface area contributed by atoms with Gasteiger partial charge in [0.2, 0.25) is 0 Å². The van der Waals surface area contributed by atoms with Gasteiger partial charge in [-0.1, -0.05) is 5.16 Å². The number of aliphatic hydroxyl groups excluding tert-OH is 3. The summed E-state index contributed by atoms with van der Waals surface area (Å²) in [4.78, 5) is 19.8. The van der Waals surface area contributed by atoms with Gasteiger partial charge in [-0.2, -0.15) is 4.98 Å². The second-order valence-electron chi connectivity index (χ2n) is 4.52. The van der Waals surface area contributed by atoms with Gasteiger partial charge in [0, 0.05) is 6.20 Å². The molecule has 0 aliphatic carbocycles. The lowest BCUT2D eigenvalue weighted by atomic mass is 9.97. The highest BCUT2D eigenvalue weighted by Crippen LogP contribution is 2.35. The fourth-order valence-electron chi connectivity index (χ4n) is 2.07. The summed E-state index contributed by atoms with van der Waals surface area (Å²) in [5, 5.41) is 33.0. The minimum Gasteiger partial charge on any atom is -0.399 e. The quantitative estimate of drug-likeness (QED) is 0.350. The Balaban J connectivity index is 2.39. The van der Waals surface area contributed by atoms with Crippen molar-refractivity contribution in [1.29, 1.82) is 0 Å². The maximum Gasteiger partial charge on any atom is 0.351 e. The first-order chi connectivity index (χ1) is 9.95. The molecule has 1 aromatic heterocycles. The van der Waals surface area contributed by atoms with Crippen LogP contribution in [0.1, 0.15) is 6.23 Å². The molecule has 2 heterocycles. The largest absolute Gasteiger partial charge is 0.399 e. The number of anilines is 1. The number of oxime groups is 1. The number of rotatable bonds is 4. The number of ether oxygens (including phenoxy) is 1. The van der Waals surface area contributed by atoms with Crippen molar-refractivity contribution < 1.29 is 24.9 Å². The predicted molar refractivity (Wildman–Crippen MR) is 70.4 cm³/mol. The van der Waals surface area contributed by atoms with Crippen LogP contribution in [0, 0.1) is 0 Å². The SMILES string of the molecule is CON=C[C@]1(CO)O[C@@H](n2ccc(N)nc2=O)[C@H](O)[C@@H]1O. The monoisotopic (exact) mass is 300 g/mol. The molecule has 1 fully saturated rings. The van der Waals surface area contributed by atoms with Crippen molar-refractivity contribution in [3.8, 4) is 0 Å². The Labute approximate surface area is 119 Å². The van der Waals surface area contributed by atoms with E-state index in [1.54, 1.807) is 0 Å².